The van der Waals surface area contributed by atoms with Crippen molar-refractivity contribution in [2.75, 3.05) is 0 Å². The summed E-state index contributed by atoms with van der Waals surface area (Å²) in [5.41, 5.74) is 3.92. The molecule has 1 N–H and O–H groups in total. The summed E-state index contributed by atoms with van der Waals surface area (Å²) in [4.78, 5) is 4.69. The maximum Gasteiger partial charge on any atom is 0.143 e. The number of benzene rings is 3. The first-order valence-electron chi connectivity index (χ1n) is 8.73. The molecule has 0 radical (unpaired) electrons. The molecule has 1 unspecified atom stereocenters. The Kier molecular flexibility index (Phi) is 4.63. The summed E-state index contributed by atoms with van der Waals surface area (Å²) >= 11 is 0. The second-order valence-corrected chi connectivity index (χ2v) is 6.20. The van der Waals surface area contributed by atoms with Crippen LogP contribution in [0.4, 0.5) is 0 Å². The van der Waals surface area contributed by atoms with Crippen LogP contribution in [-0.4, -0.2) is 14.7 Å². The van der Waals surface area contributed by atoms with Gasteiger partial charge in [0.2, 0.25) is 0 Å². The van der Waals surface area contributed by atoms with E-state index in [9.17, 15) is 5.11 Å². The molecule has 0 aliphatic heterocycles. The molecule has 3 nitrogen and oxygen atoms in total. The van der Waals surface area contributed by atoms with Crippen molar-refractivity contribution in [3.8, 4) is 0 Å². The molecule has 0 amide bonds. The predicted molar refractivity (Wildman–Crippen MR) is 106 cm³/mol. The molecule has 0 fully saturated rings. The third kappa shape index (κ3) is 3.30. The van der Waals surface area contributed by atoms with Gasteiger partial charge in [-0.05, 0) is 23.3 Å². The molecule has 4 aromatic rings. The Hall–Kier alpha value is -3.17. The number of imidazole rings is 1. The number of nitrogens with zero attached hydrogens (tertiary/aromatic N) is 2. The standard InChI is InChI=1S/C23H20N2O/c26-22(19-13-5-2-6-14-19)23-24-20-15-7-8-16-21(20)25(23)17-9-12-18-10-3-1-4-11-18/h1-16,22,26H,17H2/b12-9+. The molecular weight excluding hydrogens is 320 g/mol. The first-order valence-corrected chi connectivity index (χ1v) is 8.73. The number of fused-ring (bicyclic) bond motifs is 1. The molecule has 0 saturated carbocycles. The zero-order valence-corrected chi connectivity index (χ0v) is 14.4. The molecule has 0 bridgehead atoms. The van der Waals surface area contributed by atoms with Crippen LogP contribution in [0.1, 0.15) is 23.1 Å². The lowest BCUT2D eigenvalue weighted by Gasteiger charge is -2.13. The summed E-state index contributed by atoms with van der Waals surface area (Å²) in [6.07, 6.45) is 3.44. The predicted octanol–water partition coefficient (Wildman–Crippen LogP) is 4.83. The highest BCUT2D eigenvalue weighted by atomic mass is 16.3. The Bertz CT molecular complexity index is 1020. The van der Waals surface area contributed by atoms with E-state index in [0.717, 1.165) is 22.2 Å². The van der Waals surface area contributed by atoms with Crippen molar-refractivity contribution in [2.24, 2.45) is 0 Å². The Labute approximate surface area is 152 Å². The van der Waals surface area contributed by atoms with Crippen LogP contribution in [-0.2, 0) is 6.54 Å². The van der Waals surface area contributed by atoms with Gasteiger partial charge < -0.3 is 9.67 Å². The van der Waals surface area contributed by atoms with Gasteiger partial charge in [-0.1, -0.05) is 84.9 Å². The molecule has 0 saturated heterocycles. The van der Waals surface area contributed by atoms with Crippen LogP contribution < -0.4 is 0 Å². The topological polar surface area (TPSA) is 38.1 Å². The van der Waals surface area contributed by atoms with Gasteiger partial charge in [0, 0.05) is 6.54 Å². The third-order valence-corrected chi connectivity index (χ3v) is 4.44. The van der Waals surface area contributed by atoms with Crippen molar-refractivity contribution >= 4 is 17.1 Å². The van der Waals surface area contributed by atoms with Gasteiger partial charge in [0.15, 0.2) is 0 Å². The van der Waals surface area contributed by atoms with Gasteiger partial charge in [-0.2, -0.15) is 0 Å². The van der Waals surface area contributed by atoms with E-state index >= 15 is 0 Å². The molecule has 4 rings (SSSR count). The van der Waals surface area contributed by atoms with Gasteiger partial charge in [0.25, 0.3) is 0 Å². The zero-order valence-electron chi connectivity index (χ0n) is 14.4. The number of aliphatic hydroxyl groups excluding tert-OH is 1. The molecule has 128 valence electrons. The second kappa shape index (κ2) is 7.38. The van der Waals surface area contributed by atoms with E-state index in [1.54, 1.807) is 0 Å². The largest absolute Gasteiger partial charge is 0.380 e. The second-order valence-electron chi connectivity index (χ2n) is 6.20. The number of allylic oxidation sites excluding steroid dienone is 1. The van der Waals surface area contributed by atoms with Crippen molar-refractivity contribution < 1.29 is 5.11 Å². The molecule has 0 aliphatic carbocycles. The van der Waals surface area contributed by atoms with E-state index in [2.05, 4.69) is 28.9 Å². The number of rotatable bonds is 5. The van der Waals surface area contributed by atoms with Crippen molar-refractivity contribution in [2.45, 2.75) is 12.6 Å². The Morgan fingerprint density at radius 1 is 0.846 bits per heavy atom. The maximum absolute atomic E-state index is 10.9. The number of hydrogen-bond acceptors (Lipinski definition) is 2. The first kappa shape index (κ1) is 16.3. The SMILES string of the molecule is OC(c1ccccc1)c1nc2ccccc2n1C/C=C/c1ccccc1. The molecule has 3 heteroatoms. The fourth-order valence-electron chi connectivity index (χ4n) is 3.14. The monoisotopic (exact) mass is 340 g/mol. The van der Waals surface area contributed by atoms with E-state index in [4.69, 9.17) is 4.98 Å². The van der Waals surface area contributed by atoms with Gasteiger partial charge in [-0.15, -0.1) is 0 Å². The fraction of sp³-hybridized carbons (Fsp3) is 0.0870. The van der Waals surface area contributed by atoms with Gasteiger partial charge in [-0.3, -0.25) is 0 Å². The van der Waals surface area contributed by atoms with Gasteiger partial charge in [-0.25, -0.2) is 4.98 Å². The van der Waals surface area contributed by atoms with Crippen LogP contribution >= 0.6 is 0 Å². The van der Waals surface area contributed by atoms with E-state index in [0.29, 0.717) is 12.4 Å². The van der Waals surface area contributed by atoms with Gasteiger partial charge in [0.1, 0.15) is 11.9 Å². The normalized spacial score (nSPS) is 12.7. The van der Waals surface area contributed by atoms with Crippen molar-refractivity contribution in [3.63, 3.8) is 0 Å². The third-order valence-electron chi connectivity index (χ3n) is 4.44. The van der Waals surface area contributed by atoms with E-state index in [1.165, 1.54) is 0 Å². The molecule has 26 heavy (non-hydrogen) atoms. The van der Waals surface area contributed by atoms with Crippen LogP contribution in [0, 0.1) is 0 Å². The van der Waals surface area contributed by atoms with E-state index < -0.39 is 6.10 Å². The molecule has 0 aliphatic rings. The molecular formula is C23H20N2O. The number of aromatic nitrogens is 2. The number of aliphatic hydroxyl groups is 1. The highest BCUT2D eigenvalue weighted by molar-refractivity contribution is 5.76. The highest BCUT2D eigenvalue weighted by Gasteiger charge is 2.18. The lowest BCUT2D eigenvalue weighted by atomic mass is 10.1. The summed E-state index contributed by atoms with van der Waals surface area (Å²) in [5, 5.41) is 10.9. The molecule has 1 aromatic heterocycles. The molecule has 1 atom stereocenters. The minimum Gasteiger partial charge on any atom is -0.380 e. The van der Waals surface area contributed by atoms with Crippen LogP contribution in [0.5, 0.6) is 0 Å². The lowest BCUT2D eigenvalue weighted by Crippen LogP contribution is -2.09. The number of hydrogen-bond donors (Lipinski definition) is 1. The van der Waals surface area contributed by atoms with Crippen molar-refractivity contribution in [1.29, 1.82) is 0 Å². The van der Waals surface area contributed by atoms with Crippen LogP contribution in [0.3, 0.4) is 0 Å². The van der Waals surface area contributed by atoms with Crippen LogP contribution in [0.15, 0.2) is 91.0 Å². The highest BCUT2D eigenvalue weighted by Crippen LogP contribution is 2.25. The molecule has 1 heterocycles. The van der Waals surface area contributed by atoms with Crippen molar-refractivity contribution in [1.82, 2.24) is 9.55 Å². The van der Waals surface area contributed by atoms with Crippen molar-refractivity contribution in [3.05, 3.63) is 108 Å². The quantitative estimate of drug-likeness (QED) is 0.565. The Morgan fingerprint density at radius 2 is 1.50 bits per heavy atom. The summed E-state index contributed by atoms with van der Waals surface area (Å²) in [5.74, 6) is 0.662. The van der Waals surface area contributed by atoms with Gasteiger partial charge in [0.05, 0.1) is 11.0 Å². The summed E-state index contributed by atoms with van der Waals surface area (Å²) < 4.78 is 2.08. The first-order chi connectivity index (χ1) is 12.8. The summed E-state index contributed by atoms with van der Waals surface area (Å²) in [6, 6.07) is 27.9. The lowest BCUT2D eigenvalue weighted by molar-refractivity contribution is 0.206. The minimum absolute atomic E-state index is 0.647. The van der Waals surface area contributed by atoms with E-state index in [-0.39, 0.29) is 0 Å². The van der Waals surface area contributed by atoms with Gasteiger partial charge >= 0.3 is 0 Å². The zero-order chi connectivity index (χ0) is 17.8. The summed E-state index contributed by atoms with van der Waals surface area (Å²) in [6.45, 7) is 0.647. The molecule has 3 aromatic carbocycles. The summed E-state index contributed by atoms with van der Waals surface area (Å²) in [7, 11) is 0. The van der Waals surface area contributed by atoms with E-state index in [1.807, 2.05) is 72.8 Å². The smallest absolute Gasteiger partial charge is 0.143 e. The Morgan fingerprint density at radius 3 is 2.27 bits per heavy atom. The van der Waals surface area contributed by atoms with Crippen LogP contribution in [0.25, 0.3) is 17.1 Å². The average molecular weight is 340 g/mol. The molecule has 0 spiro atoms. The fourth-order valence-corrected chi connectivity index (χ4v) is 3.14. The number of para-hydroxylation sites is 2. The van der Waals surface area contributed by atoms with Crippen LogP contribution in [0.2, 0.25) is 0 Å². The Balaban J connectivity index is 1.71. The average Bonchev–Trinajstić information content (AvgIpc) is 3.08. The minimum atomic E-state index is -0.756. The maximum atomic E-state index is 10.9.